The maximum absolute atomic E-state index is 5.76. The maximum atomic E-state index is 5.76. The molecule has 0 spiro atoms. The molecule has 0 atom stereocenters. The van der Waals surface area contributed by atoms with E-state index >= 15 is 0 Å². The molecule has 0 aliphatic rings. The molecular weight excluding hydrogens is 246 g/mol. The topological polar surface area (TPSA) is 22.1 Å². The summed E-state index contributed by atoms with van der Waals surface area (Å²) in [4.78, 5) is 4.07. The molecule has 2 rings (SSSR count). The SMILES string of the molecule is CCCCOc1ccc(-c2ccc(Cl)nc2)cc1. The van der Waals surface area contributed by atoms with Crippen LogP contribution in [0.5, 0.6) is 5.75 Å². The summed E-state index contributed by atoms with van der Waals surface area (Å²) in [5.74, 6) is 0.911. The van der Waals surface area contributed by atoms with E-state index in [1.807, 2.05) is 30.3 Å². The van der Waals surface area contributed by atoms with E-state index in [1.54, 1.807) is 12.3 Å². The smallest absolute Gasteiger partial charge is 0.129 e. The van der Waals surface area contributed by atoms with E-state index < -0.39 is 0 Å². The van der Waals surface area contributed by atoms with Gasteiger partial charge in [-0.15, -0.1) is 0 Å². The molecule has 0 bridgehead atoms. The molecule has 1 aromatic heterocycles. The van der Waals surface area contributed by atoms with E-state index in [9.17, 15) is 0 Å². The highest BCUT2D eigenvalue weighted by Gasteiger charge is 1.99. The number of hydrogen-bond acceptors (Lipinski definition) is 2. The Labute approximate surface area is 113 Å². The fraction of sp³-hybridized carbons (Fsp3) is 0.267. The Balaban J connectivity index is 2.05. The van der Waals surface area contributed by atoms with Crippen LogP contribution in [0, 0.1) is 0 Å². The Morgan fingerprint density at radius 2 is 1.78 bits per heavy atom. The Morgan fingerprint density at radius 1 is 1.06 bits per heavy atom. The van der Waals surface area contributed by atoms with Crippen molar-refractivity contribution in [2.45, 2.75) is 19.8 Å². The van der Waals surface area contributed by atoms with Gasteiger partial charge in [-0.2, -0.15) is 0 Å². The molecule has 0 radical (unpaired) electrons. The van der Waals surface area contributed by atoms with Gasteiger partial charge < -0.3 is 4.74 Å². The molecule has 2 aromatic rings. The van der Waals surface area contributed by atoms with E-state index in [1.165, 1.54) is 0 Å². The molecule has 0 N–H and O–H groups in total. The molecular formula is C15H16ClNO. The minimum Gasteiger partial charge on any atom is -0.494 e. The van der Waals surface area contributed by atoms with Crippen LogP contribution in [0.3, 0.4) is 0 Å². The second-order valence-corrected chi connectivity index (χ2v) is 4.48. The van der Waals surface area contributed by atoms with Gasteiger partial charge in [0.15, 0.2) is 0 Å². The lowest BCUT2D eigenvalue weighted by molar-refractivity contribution is 0.309. The first-order valence-electron chi connectivity index (χ1n) is 6.14. The zero-order valence-corrected chi connectivity index (χ0v) is 11.2. The fourth-order valence-electron chi connectivity index (χ4n) is 1.62. The van der Waals surface area contributed by atoms with Crippen molar-refractivity contribution in [3.05, 3.63) is 47.7 Å². The van der Waals surface area contributed by atoms with Gasteiger partial charge in [0.05, 0.1) is 6.61 Å². The van der Waals surface area contributed by atoms with Gasteiger partial charge in [-0.1, -0.05) is 37.1 Å². The molecule has 1 aromatic carbocycles. The third kappa shape index (κ3) is 3.47. The van der Waals surface area contributed by atoms with Crippen LogP contribution in [0.1, 0.15) is 19.8 Å². The van der Waals surface area contributed by atoms with Crippen LogP contribution >= 0.6 is 11.6 Å². The van der Waals surface area contributed by atoms with E-state index in [-0.39, 0.29) is 0 Å². The van der Waals surface area contributed by atoms with E-state index in [0.717, 1.165) is 36.3 Å². The third-order valence-electron chi connectivity index (χ3n) is 2.68. The molecule has 0 saturated carbocycles. The molecule has 0 amide bonds. The standard InChI is InChI=1S/C15H16ClNO/c1-2-3-10-18-14-7-4-12(5-8-14)13-6-9-15(16)17-11-13/h4-9,11H,2-3,10H2,1H3. The summed E-state index contributed by atoms with van der Waals surface area (Å²) in [5.41, 5.74) is 2.17. The minimum absolute atomic E-state index is 0.512. The van der Waals surface area contributed by atoms with Crippen molar-refractivity contribution in [3.63, 3.8) is 0 Å². The lowest BCUT2D eigenvalue weighted by atomic mass is 10.1. The van der Waals surface area contributed by atoms with Gasteiger partial charge in [0.1, 0.15) is 10.9 Å². The highest BCUT2D eigenvalue weighted by Crippen LogP contribution is 2.22. The molecule has 0 fully saturated rings. The number of ether oxygens (including phenoxy) is 1. The monoisotopic (exact) mass is 261 g/mol. The number of unbranched alkanes of at least 4 members (excludes halogenated alkanes) is 1. The van der Waals surface area contributed by atoms with Crippen molar-refractivity contribution in [1.82, 2.24) is 4.98 Å². The Hall–Kier alpha value is -1.54. The van der Waals surface area contributed by atoms with Crippen LogP contribution in [0.25, 0.3) is 11.1 Å². The highest BCUT2D eigenvalue weighted by molar-refractivity contribution is 6.29. The zero-order valence-electron chi connectivity index (χ0n) is 10.4. The molecule has 0 saturated heterocycles. The van der Waals surface area contributed by atoms with Crippen LogP contribution in [-0.2, 0) is 0 Å². The van der Waals surface area contributed by atoms with Gasteiger partial charge in [-0.05, 0) is 36.2 Å². The van der Waals surface area contributed by atoms with Gasteiger partial charge in [0.25, 0.3) is 0 Å². The number of halogens is 1. The van der Waals surface area contributed by atoms with Crippen LogP contribution in [0.2, 0.25) is 5.15 Å². The zero-order chi connectivity index (χ0) is 12.8. The molecule has 94 valence electrons. The molecule has 18 heavy (non-hydrogen) atoms. The Morgan fingerprint density at radius 3 is 2.39 bits per heavy atom. The lowest BCUT2D eigenvalue weighted by Crippen LogP contribution is -1.95. The number of hydrogen-bond donors (Lipinski definition) is 0. The minimum atomic E-state index is 0.512. The second kappa shape index (κ2) is 6.41. The maximum Gasteiger partial charge on any atom is 0.129 e. The Kier molecular flexibility index (Phi) is 4.59. The van der Waals surface area contributed by atoms with Gasteiger partial charge in [0, 0.05) is 11.8 Å². The summed E-state index contributed by atoms with van der Waals surface area (Å²) < 4.78 is 5.62. The number of benzene rings is 1. The van der Waals surface area contributed by atoms with Crippen LogP contribution in [-0.4, -0.2) is 11.6 Å². The first-order valence-corrected chi connectivity index (χ1v) is 6.52. The summed E-state index contributed by atoms with van der Waals surface area (Å²) in [6.07, 6.45) is 4.01. The molecule has 0 aliphatic carbocycles. The van der Waals surface area contributed by atoms with E-state index in [2.05, 4.69) is 11.9 Å². The molecule has 2 nitrogen and oxygen atoms in total. The fourth-order valence-corrected chi connectivity index (χ4v) is 1.74. The highest BCUT2D eigenvalue weighted by atomic mass is 35.5. The summed E-state index contributed by atoms with van der Waals surface area (Å²) in [5, 5.41) is 0.512. The van der Waals surface area contributed by atoms with Crippen LogP contribution < -0.4 is 4.74 Å². The van der Waals surface area contributed by atoms with Crippen molar-refractivity contribution in [2.75, 3.05) is 6.61 Å². The summed E-state index contributed by atoms with van der Waals surface area (Å²) in [7, 11) is 0. The average molecular weight is 262 g/mol. The predicted molar refractivity (Wildman–Crippen MR) is 75.1 cm³/mol. The second-order valence-electron chi connectivity index (χ2n) is 4.10. The van der Waals surface area contributed by atoms with Crippen molar-refractivity contribution in [1.29, 1.82) is 0 Å². The number of pyridine rings is 1. The summed E-state index contributed by atoms with van der Waals surface area (Å²) in [6, 6.07) is 11.8. The van der Waals surface area contributed by atoms with Gasteiger partial charge >= 0.3 is 0 Å². The molecule has 3 heteroatoms. The number of rotatable bonds is 5. The molecule has 0 aliphatic heterocycles. The molecule has 1 heterocycles. The van der Waals surface area contributed by atoms with Crippen LogP contribution in [0.15, 0.2) is 42.6 Å². The van der Waals surface area contributed by atoms with Gasteiger partial charge in [0.2, 0.25) is 0 Å². The average Bonchev–Trinajstić information content (AvgIpc) is 2.41. The first-order chi connectivity index (χ1) is 8.79. The van der Waals surface area contributed by atoms with Crippen molar-refractivity contribution in [3.8, 4) is 16.9 Å². The van der Waals surface area contributed by atoms with E-state index in [4.69, 9.17) is 16.3 Å². The quantitative estimate of drug-likeness (QED) is 0.581. The largest absolute Gasteiger partial charge is 0.494 e. The van der Waals surface area contributed by atoms with Gasteiger partial charge in [-0.3, -0.25) is 0 Å². The van der Waals surface area contributed by atoms with Crippen molar-refractivity contribution < 1.29 is 4.74 Å². The number of aromatic nitrogens is 1. The molecule has 0 unspecified atom stereocenters. The first kappa shape index (κ1) is 12.9. The summed E-state index contributed by atoms with van der Waals surface area (Å²) >= 11 is 5.76. The van der Waals surface area contributed by atoms with Gasteiger partial charge in [-0.25, -0.2) is 4.98 Å². The third-order valence-corrected chi connectivity index (χ3v) is 2.91. The van der Waals surface area contributed by atoms with E-state index in [0.29, 0.717) is 5.15 Å². The Bertz CT molecular complexity index is 479. The number of nitrogens with zero attached hydrogens (tertiary/aromatic N) is 1. The summed E-state index contributed by atoms with van der Waals surface area (Å²) in [6.45, 7) is 2.93. The predicted octanol–water partition coefficient (Wildman–Crippen LogP) is 4.58. The normalized spacial score (nSPS) is 10.3. The lowest BCUT2D eigenvalue weighted by Gasteiger charge is -2.06. The van der Waals surface area contributed by atoms with Crippen LogP contribution in [0.4, 0.5) is 0 Å². The van der Waals surface area contributed by atoms with Crippen molar-refractivity contribution in [2.24, 2.45) is 0 Å². The van der Waals surface area contributed by atoms with Crippen molar-refractivity contribution >= 4 is 11.6 Å².